The van der Waals surface area contributed by atoms with Crippen LogP contribution in [0.15, 0.2) is 59.5 Å². The summed E-state index contributed by atoms with van der Waals surface area (Å²) < 4.78 is 14.3. The summed E-state index contributed by atoms with van der Waals surface area (Å²) in [6.07, 6.45) is 1.51. The number of halogens is 1. The summed E-state index contributed by atoms with van der Waals surface area (Å²) in [7, 11) is 0. The summed E-state index contributed by atoms with van der Waals surface area (Å²) in [5, 5.41) is 11.6. The molecule has 0 aliphatic carbocycles. The monoisotopic (exact) mass is 298 g/mol. The second kappa shape index (κ2) is 5.40. The molecule has 0 bridgehead atoms. The number of nitro benzene ring substituents is 1. The number of nitrogens with zero attached hydrogens (tertiary/aromatic N) is 2. The van der Waals surface area contributed by atoms with Crippen LogP contribution in [0.2, 0.25) is 0 Å². The third-order valence-electron chi connectivity index (χ3n) is 3.46. The van der Waals surface area contributed by atoms with Crippen molar-refractivity contribution >= 4 is 16.5 Å². The molecule has 5 nitrogen and oxygen atoms in total. The van der Waals surface area contributed by atoms with E-state index in [1.54, 1.807) is 24.3 Å². The molecule has 0 spiro atoms. The first-order valence-corrected chi connectivity index (χ1v) is 6.57. The smallest absolute Gasteiger partial charge is 0.277 e. The number of hydrogen-bond acceptors (Lipinski definition) is 3. The highest BCUT2D eigenvalue weighted by Crippen LogP contribution is 2.22. The van der Waals surface area contributed by atoms with Gasteiger partial charge in [0, 0.05) is 12.3 Å². The van der Waals surface area contributed by atoms with E-state index in [4.69, 9.17) is 0 Å². The van der Waals surface area contributed by atoms with Gasteiger partial charge in [0.15, 0.2) is 0 Å². The highest BCUT2D eigenvalue weighted by Gasteiger charge is 2.13. The number of nitro groups is 1. The third-order valence-corrected chi connectivity index (χ3v) is 3.46. The summed E-state index contributed by atoms with van der Waals surface area (Å²) in [6.45, 7) is 0.276. The quantitative estimate of drug-likeness (QED) is 0.551. The Morgan fingerprint density at radius 3 is 2.45 bits per heavy atom. The minimum Gasteiger partial charge on any atom is -0.311 e. The van der Waals surface area contributed by atoms with E-state index in [1.165, 1.54) is 35.0 Å². The van der Waals surface area contributed by atoms with Gasteiger partial charge in [-0.3, -0.25) is 14.9 Å². The van der Waals surface area contributed by atoms with Crippen LogP contribution in [-0.2, 0) is 6.54 Å². The number of benzene rings is 2. The van der Waals surface area contributed by atoms with Crippen molar-refractivity contribution in [3.05, 3.63) is 86.6 Å². The van der Waals surface area contributed by atoms with Crippen LogP contribution in [0.5, 0.6) is 0 Å². The maximum Gasteiger partial charge on any atom is 0.277 e. The molecule has 0 aliphatic heterocycles. The van der Waals surface area contributed by atoms with Crippen molar-refractivity contribution < 1.29 is 9.31 Å². The average Bonchev–Trinajstić information content (AvgIpc) is 2.51. The van der Waals surface area contributed by atoms with Gasteiger partial charge in [0.2, 0.25) is 0 Å². The molecule has 0 fully saturated rings. The summed E-state index contributed by atoms with van der Waals surface area (Å²) in [6, 6.07) is 11.8. The van der Waals surface area contributed by atoms with Crippen molar-refractivity contribution in [1.82, 2.24) is 4.57 Å². The van der Waals surface area contributed by atoms with Crippen LogP contribution in [0.25, 0.3) is 10.8 Å². The third kappa shape index (κ3) is 2.46. The highest BCUT2D eigenvalue weighted by molar-refractivity contribution is 5.89. The number of rotatable bonds is 3. The topological polar surface area (TPSA) is 65.1 Å². The Morgan fingerprint density at radius 2 is 1.77 bits per heavy atom. The van der Waals surface area contributed by atoms with Gasteiger partial charge in [0.25, 0.3) is 11.2 Å². The zero-order valence-corrected chi connectivity index (χ0v) is 11.4. The molecule has 6 heteroatoms. The van der Waals surface area contributed by atoms with Crippen molar-refractivity contribution in [3.63, 3.8) is 0 Å². The summed E-state index contributed by atoms with van der Waals surface area (Å²) in [5.41, 5.74) is 0.363. The first kappa shape index (κ1) is 13.9. The van der Waals surface area contributed by atoms with Crippen LogP contribution in [0.3, 0.4) is 0 Å². The lowest BCUT2D eigenvalue weighted by Crippen LogP contribution is -2.20. The van der Waals surface area contributed by atoms with Crippen LogP contribution in [0.1, 0.15) is 5.56 Å². The van der Waals surface area contributed by atoms with Gasteiger partial charge in [-0.25, -0.2) is 4.39 Å². The molecular formula is C16H11FN2O3. The van der Waals surface area contributed by atoms with Crippen molar-refractivity contribution in [3.8, 4) is 0 Å². The molecule has 0 N–H and O–H groups in total. The molecule has 0 radical (unpaired) electrons. The molecule has 3 rings (SSSR count). The predicted molar refractivity (Wildman–Crippen MR) is 80.4 cm³/mol. The van der Waals surface area contributed by atoms with Gasteiger partial charge >= 0.3 is 0 Å². The Bertz CT molecular complexity index is 917. The van der Waals surface area contributed by atoms with E-state index in [9.17, 15) is 19.3 Å². The Labute approximate surface area is 124 Å². The molecule has 110 valence electrons. The minimum absolute atomic E-state index is 0.0940. The molecule has 1 heterocycles. The van der Waals surface area contributed by atoms with Gasteiger partial charge in [-0.1, -0.05) is 18.2 Å². The van der Waals surface area contributed by atoms with Crippen LogP contribution in [-0.4, -0.2) is 9.49 Å². The van der Waals surface area contributed by atoms with E-state index in [1.807, 2.05) is 0 Å². The fourth-order valence-corrected chi connectivity index (χ4v) is 2.37. The van der Waals surface area contributed by atoms with Gasteiger partial charge in [0.05, 0.1) is 22.2 Å². The minimum atomic E-state index is -0.508. The van der Waals surface area contributed by atoms with E-state index in [2.05, 4.69) is 0 Å². The Kier molecular flexibility index (Phi) is 3.42. The number of hydrogen-bond donors (Lipinski definition) is 0. The average molecular weight is 298 g/mol. The van der Waals surface area contributed by atoms with Crippen molar-refractivity contribution in [2.24, 2.45) is 0 Å². The summed E-state index contributed by atoms with van der Waals surface area (Å²) >= 11 is 0. The van der Waals surface area contributed by atoms with E-state index in [0.29, 0.717) is 10.8 Å². The largest absolute Gasteiger partial charge is 0.311 e. The van der Waals surface area contributed by atoms with E-state index in [0.717, 1.165) is 5.56 Å². The molecule has 22 heavy (non-hydrogen) atoms. The second-order valence-corrected chi connectivity index (χ2v) is 4.87. The van der Waals surface area contributed by atoms with Crippen LogP contribution < -0.4 is 5.56 Å². The van der Waals surface area contributed by atoms with Crippen LogP contribution in [0, 0.1) is 15.9 Å². The lowest BCUT2D eigenvalue weighted by molar-refractivity contribution is -0.383. The number of fused-ring (bicyclic) bond motifs is 1. The molecule has 0 atom stereocenters. The van der Waals surface area contributed by atoms with E-state index >= 15 is 0 Å². The first-order chi connectivity index (χ1) is 10.6. The molecule has 2 aromatic carbocycles. The molecular weight excluding hydrogens is 287 g/mol. The van der Waals surface area contributed by atoms with Crippen LogP contribution in [0.4, 0.5) is 10.1 Å². The molecule has 0 amide bonds. The predicted octanol–water partition coefficient (Wildman–Crippen LogP) is 3.10. The molecule has 0 saturated carbocycles. The number of non-ortho nitro benzene ring substituents is 1. The lowest BCUT2D eigenvalue weighted by atomic mass is 10.1. The van der Waals surface area contributed by atoms with Gasteiger partial charge in [-0.05, 0) is 29.8 Å². The number of pyridine rings is 1. The standard InChI is InChI=1S/C16H11FN2O3/c17-12-6-4-11(5-7-12)10-18-9-8-13-14(16(18)20)2-1-3-15(13)19(21)22/h1-9H,10H2. The van der Waals surface area contributed by atoms with Crippen molar-refractivity contribution in [1.29, 1.82) is 0 Å². The fourth-order valence-electron chi connectivity index (χ4n) is 2.37. The Balaban J connectivity index is 2.09. The summed E-state index contributed by atoms with van der Waals surface area (Å²) in [5.74, 6) is -0.342. The molecule has 0 aliphatic rings. The molecule has 0 saturated heterocycles. The van der Waals surface area contributed by atoms with E-state index in [-0.39, 0.29) is 23.6 Å². The van der Waals surface area contributed by atoms with Gasteiger partial charge < -0.3 is 4.57 Å². The fraction of sp³-hybridized carbons (Fsp3) is 0.0625. The number of aromatic nitrogens is 1. The van der Waals surface area contributed by atoms with Crippen molar-refractivity contribution in [2.75, 3.05) is 0 Å². The highest BCUT2D eigenvalue weighted by atomic mass is 19.1. The second-order valence-electron chi connectivity index (χ2n) is 4.87. The van der Waals surface area contributed by atoms with Gasteiger partial charge in [-0.2, -0.15) is 0 Å². The Hall–Kier alpha value is -3.02. The van der Waals surface area contributed by atoms with Gasteiger partial charge in [0.1, 0.15) is 5.82 Å². The van der Waals surface area contributed by atoms with Gasteiger partial charge in [-0.15, -0.1) is 0 Å². The zero-order valence-electron chi connectivity index (χ0n) is 11.4. The maximum atomic E-state index is 12.9. The normalized spacial score (nSPS) is 10.8. The summed E-state index contributed by atoms with van der Waals surface area (Å²) in [4.78, 5) is 22.9. The zero-order chi connectivity index (χ0) is 15.7. The van der Waals surface area contributed by atoms with Crippen LogP contribution >= 0.6 is 0 Å². The molecule has 3 aromatic rings. The maximum absolute atomic E-state index is 12.9. The SMILES string of the molecule is O=c1c2cccc([N+](=O)[O-])c2ccn1Cc1ccc(F)cc1. The van der Waals surface area contributed by atoms with Crippen molar-refractivity contribution in [2.45, 2.75) is 6.54 Å². The first-order valence-electron chi connectivity index (χ1n) is 6.57. The molecule has 0 unspecified atom stereocenters. The Morgan fingerprint density at radius 1 is 1.05 bits per heavy atom. The van der Waals surface area contributed by atoms with E-state index < -0.39 is 4.92 Å². The lowest BCUT2D eigenvalue weighted by Gasteiger charge is -2.07. The molecule has 1 aromatic heterocycles.